The molecule has 0 aliphatic heterocycles. The summed E-state index contributed by atoms with van der Waals surface area (Å²) in [7, 11) is 0. The van der Waals surface area contributed by atoms with E-state index in [1.807, 2.05) is 19.1 Å². The molecule has 4 nitrogen and oxygen atoms in total. The van der Waals surface area contributed by atoms with Gasteiger partial charge in [-0.2, -0.15) is 10.5 Å². The minimum absolute atomic E-state index is 0.377. The molecule has 0 aliphatic carbocycles. The van der Waals surface area contributed by atoms with Gasteiger partial charge >= 0.3 is 0 Å². The highest BCUT2D eigenvalue weighted by Gasteiger charge is 2.27. The van der Waals surface area contributed by atoms with Crippen molar-refractivity contribution in [1.29, 1.82) is 10.5 Å². The molecule has 4 heteroatoms. The standard InChI is InChI=1S/C13H13N3O/c1-9-4-5-10(7-14)6-11(9)16-12(17)13(2,3)8-15/h4-6H,1-3H3,(H,16,17). The zero-order chi connectivity index (χ0) is 13.1. The first-order chi connectivity index (χ1) is 7.90. The van der Waals surface area contributed by atoms with Gasteiger partial charge in [-0.15, -0.1) is 0 Å². The Morgan fingerprint density at radius 1 is 1.35 bits per heavy atom. The molecule has 0 saturated carbocycles. The maximum atomic E-state index is 11.8. The van der Waals surface area contributed by atoms with Gasteiger partial charge in [0.15, 0.2) is 0 Å². The Bertz CT molecular complexity index is 533. The van der Waals surface area contributed by atoms with E-state index in [-0.39, 0.29) is 5.91 Å². The van der Waals surface area contributed by atoms with E-state index in [4.69, 9.17) is 10.5 Å². The van der Waals surface area contributed by atoms with E-state index in [9.17, 15) is 4.79 Å². The van der Waals surface area contributed by atoms with Crippen molar-refractivity contribution in [3.63, 3.8) is 0 Å². The number of hydrogen-bond donors (Lipinski definition) is 1. The zero-order valence-corrected chi connectivity index (χ0v) is 10.0. The fourth-order valence-corrected chi connectivity index (χ4v) is 1.16. The number of rotatable bonds is 2. The molecule has 1 N–H and O–H groups in total. The summed E-state index contributed by atoms with van der Waals surface area (Å²) in [4.78, 5) is 11.8. The SMILES string of the molecule is Cc1ccc(C#N)cc1NC(=O)C(C)(C)C#N. The first-order valence-electron chi connectivity index (χ1n) is 5.14. The number of nitriles is 2. The van der Waals surface area contributed by atoms with Gasteiger partial charge in [0.25, 0.3) is 0 Å². The van der Waals surface area contributed by atoms with Crippen molar-refractivity contribution in [2.75, 3.05) is 5.32 Å². The van der Waals surface area contributed by atoms with E-state index in [1.54, 1.807) is 32.0 Å². The molecule has 17 heavy (non-hydrogen) atoms. The molecule has 0 bridgehead atoms. The third-order valence-electron chi connectivity index (χ3n) is 2.46. The topological polar surface area (TPSA) is 76.7 Å². The number of hydrogen-bond acceptors (Lipinski definition) is 3. The maximum absolute atomic E-state index is 11.8. The van der Waals surface area contributed by atoms with Gasteiger partial charge in [0.2, 0.25) is 5.91 Å². The Kier molecular flexibility index (Phi) is 3.50. The summed E-state index contributed by atoms with van der Waals surface area (Å²) in [5.41, 5.74) is 0.805. The van der Waals surface area contributed by atoms with Crippen molar-refractivity contribution >= 4 is 11.6 Å². The highest BCUT2D eigenvalue weighted by Crippen LogP contribution is 2.21. The lowest BCUT2D eigenvalue weighted by Gasteiger charge is -2.16. The number of benzene rings is 1. The summed E-state index contributed by atoms with van der Waals surface area (Å²) in [5.74, 6) is -0.377. The summed E-state index contributed by atoms with van der Waals surface area (Å²) in [6, 6.07) is 8.97. The van der Waals surface area contributed by atoms with Crippen LogP contribution in [0.4, 0.5) is 5.69 Å². The van der Waals surface area contributed by atoms with Gasteiger partial charge in [-0.25, -0.2) is 0 Å². The summed E-state index contributed by atoms with van der Waals surface area (Å²) in [5, 5.41) is 20.3. The first-order valence-corrected chi connectivity index (χ1v) is 5.14. The fourth-order valence-electron chi connectivity index (χ4n) is 1.16. The molecule has 1 aromatic rings. The zero-order valence-electron chi connectivity index (χ0n) is 10.0. The van der Waals surface area contributed by atoms with Gasteiger partial charge in [0.05, 0.1) is 17.7 Å². The number of nitrogens with one attached hydrogen (secondary N) is 1. The monoisotopic (exact) mass is 227 g/mol. The van der Waals surface area contributed by atoms with Gasteiger partial charge in [-0.1, -0.05) is 6.07 Å². The summed E-state index contributed by atoms with van der Waals surface area (Å²) < 4.78 is 0. The number of carbonyl (C=O) groups excluding carboxylic acids is 1. The van der Waals surface area contributed by atoms with Crippen LogP contribution in [0.1, 0.15) is 25.0 Å². The van der Waals surface area contributed by atoms with Crippen molar-refractivity contribution in [3.05, 3.63) is 29.3 Å². The molecular weight excluding hydrogens is 214 g/mol. The van der Waals surface area contributed by atoms with Crippen LogP contribution in [0.2, 0.25) is 0 Å². The molecule has 0 aromatic heterocycles. The molecule has 0 fully saturated rings. The number of nitrogens with zero attached hydrogens (tertiary/aromatic N) is 2. The second-order valence-electron chi connectivity index (χ2n) is 4.33. The molecule has 0 saturated heterocycles. The van der Waals surface area contributed by atoms with Crippen LogP contribution in [0, 0.1) is 35.0 Å². The number of amides is 1. The Morgan fingerprint density at radius 2 is 2.00 bits per heavy atom. The predicted octanol–water partition coefficient (Wildman–Crippen LogP) is 2.35. The average Bonchev–Trinajstić information content (AvgIpc) is 2.31. The van der Waals surface area contributed by atoms with E-state index >= 15 is 0 Å². The molecule has 1 aromatic carbocycles. The first kappa shape index (κ1) is 12.7. The number of anilines is 1. The average molecular weight is 227 g/mol. The Labute approximate surface area is 100 Å². The number of carbonyl (C=O) groups is 1. The smallest absolute Gasteiger partial charge is 0.244 e. The van der Waals surface area contributed by atoms with Gasteiger partial charge < -0.3 is 5.32 Å². The molecular formula is C13H13N3O. The van der Waals surface area contributed by atoms with Crippen molar-refractivity contribution in [2.24, 2.45) is 5.41 Å². The molecule has 0 heterocycles. The van der Waals surface area contributed by atoms with E-state index < -0.39 is 5.41 Å². The summed E-state index contributed by atoms with van der Waals surface area (Å²) in [6.45, 7) is 4.92. The largest absolute Gasteiger partial charge is 0.324 e. The van der Waals surface area contributed by atoms with Gasteiger partial charge in [0.1, 0.15) is 5.41 Å². The highest BCUT2D eigenvalue weighted by molar-refractivity contribution is 5.97. The van der Waals surface area contributed by atoms with Gasteiger partial charge in [0, 0.05) is 5.69 Å². The minimum atomic E-state index is -1.09. The van der Waals surface area contributed by atoms with E-state index in [2.05, 4.69) is 5.32 Å². The van der Waals surface area contributed by atoms with Crippen LogP contribution in [0.15, 0.2) is 18.2 Å². The normalized spacial score (nSPS) is 10.2. The van der Waals surface area contributed by atoms with E-state index in [0.29, 0.717) is 11.3 Å². The molecule has 0 radical (unpaired) electrons. The molecule has 0 unspecified atom stereocenters. The van der Waals surface area contributed by atoms with E-state index in [0.717, 1.165) is 5.56 Å². The molecule has 86 valence electrons. The Hall–Kier alpha value is -2.33. The van der Waals surface area contributed by atoms with Crippen LogP contribution in [0.25, 0.3) is 0 Å². The lowest BCUT2D eigenvalue weighted by molar-refractivity contribution is -0.121. The second-order valence-corrected chi connectivity index (χ2v) is 4.33. The third kappa shape index (κ3) is 2.83. The van der Waals surface area contributed by atoms with Crippen molar-refractivity contribution < 1.29 is 4.79 Å². The summed E-state index contributed by atoms with van der Waals surface area (Å²) in [6.07, 6.45) is 0. The highest BCUT2D eigenvalue weighted by atomic mass is 16.2. The Morgan fingerprint density at radius 3 is 2.53 bits per heavy atom. The molecule has 0 aliphatic rings. The Balaban J connectivity index is 3.02. The van der Waals surface area contributed by atoms with Crippen LogP contribution in [-0.4, -0.2) is 5.91 Å². The minimum Gasteiger partial charge on any atom is -0.324 e. The molecule has 1 amide bonds. The van der Waals surface area contributed by atoms with E-state index in [1.165, 1.54) is 0 Å². The predicted molar refractivity (Wildman–Crippen MR) is 63.9 cm³/mol. The van der Waals surface area contributed by atoms with Gasteiger partial charge in [-0.3, -0.25) is 4.79 Å². The molecule has 0 atom stereocenters. The third-order valence-corrected chi connectivity index (χ3v) is 2.46. The van der Waals surface area contributed by atoms with Crippen LogP contribution in [0.5, 0.6) is 0 Å². The second kappa shape index (κ2) is 4.67. The van der Waals surface area contributed by atoms with Crippen molar-refractivity contribution in [1.82, 2.24) is 0 Å². The molecule has 1 rings (SSSR count). The lowest BCUT2D eigenvalue weighted by Crippen LogP contribution is -2.29. The van der Waals surface area contributed by atoms with Crippen LogP contribution >= 0.6 is 0 Å². The number of aryl methyl sites for hydroxylation is 1. The van der Waals surface area contributed by atoms with Gasteiger partial charge in [-0.05, 0) is 38.5 Å². The summed E-state index contributed by atoms with van der Waals surface area (Å²) >= 11 is 0. The molecule has 0 spiro atoms. The maximum Gasteiger partial charge on any atom is 0.244 e. The quantitative estimate of drug-likeness (QED) is 0.842. The van der Waals surface area contributed by atoms with Crippen molar-refractivity contribution in [2.45, 2.75) is 20.8 Å². The van der Waals surface area contributed by atoms with Crippen LogP contribution in [0.3, 0.4) is 0 Å². The fraction of sp³-hybridized carbons (Fsp3) is 0.308. The van der Waals surface area contributed by atoms with Crippen LogP contribution < -0.4 is 5.32 Å². The van der Waals surface area contributed by atoms with Crippen LogP contribution in [-0.2, 0) is 4.79 Å². The lowest BCUT2D eigenvalue weighted by atomic mass is 9.94. The van der Waals surface area contributed by atoms with Crippen molar-refractivity contribution in [3.8, 4) is 12.1 Å².